The van der Waals surface area contributed by atoms with Crippen molar-refractivity contribution in [2.24, 2.45) is 0 Å². The van der Waals surface area contributed by atoms with Crippen LogP contribution in [0.15, 0.2) is 24.3 Å². The van der Waals surface area contributed by atoms with E-state index in [-0.39, 0.29) is 12.4 Å². The van der Waals surface area contributed by atoms with Crippen LogP contribution in [0, 0.1) is 19.7 Å². The third-order valence-corrected chi connectivity index (χ3v) is 3.99. The molecule has 2 N–H and O–H groups in total. The molecule has 1 unspecified atom stereocenters. The summed E-state index contributed by atoms with van der Waals surface area (Å²) in [5.41, 5.74) is 1.03. The van der Waals surface area contributed by atoms with Crippen LogP contribution in [0.2, 0.25) is 0 Å². The number of hydrogen-bond donors (Lipinski definition) is 2. The number of ether oxygens (including phenoxy) is 1. The summed E-state index contributed by atoms with van der Waals surface area (Å²) in [6, 6.07) is 5.74. The number of nitrogens with zero attached hydrogens (tertiary/aromatic N) is 1. The molecule has 2 aromatic rings. The molecule has 0 amide bonds. The number of thiazole rings is 1. The van der Waals surface area contributed by atoms with Gasteiger partial charge in [0.2, 0.25) is 0 Å². The van der Waals surface area contributed by atoms with Crippen LogP contribution < -0.4 is 10.1 Å². The van der Waals surface area contributed by atoms with Crippen LogP contribution in [0.1, 0.15) is 15.6 Å². The van der Waals surface area contributed by atoms with E-state index in [0.717, 1.165) is 10.7 Å². The van der Waals surface area contributed by atoms with Crippen LogP contribution in [-0.2, 0) is 6.54 Å². The van der Waals surface area contributed by atoms with Crippen LogP contribution in [0.3, 0.4) is 0 Å². The fourth-order valence-electron chi connectivity index (χ4n) is 1.87. The van der Waals surface area contributed by atoms with Gasteiger partial charge in [0.05, 0.1) is 10.7 Å². The number of aliphatic hydroxyl groups is 1. The maximum Gasteiger partial charge on any atom is 0.123 e. The molecule has 114 valence electrons. The Labute approximate surface area is 127 Å². The lowest BCUT2D eigenvalue weighted by atomic mass is 10.3. The molecule has 0 aliphatic heterocycles. The largest absolute Gasteiger partial charge is 0.491 e. The smallest absolute Gasteiger partial charge is 0.123 e. The fourth-order valence-corrected chi connectivity index (χ4v) is 2.78. The van der Waals surface area contributed by atoms with E-state index in [2.05, 4.69) is 10.3 Å². The van der Waals surface area contributed by atoms with Crippen molar-refractivity contribution in [3.8, 4) is 5.75 Å². The third kappa shape index (κ3) is 5.08. The first kappa shape index (κ1) is 15.9. The molecular weight excluding hydrogens is 291 g/mol. The highest BCUT2D eigenvalue weighted by Crippen LogP contribution is 2.16. The van der Waals surface area contributed by atoms with Gasteiger partial charge < -0.3 is 15.2 Å². The molecule has 1 aromatic carbocycles. The Morgan fingerprint density at radius 2 is 2.05 bits per heavy atom. The Hall–Kier alpha value is -1.50. The Balaban J connectivity index is 1.69. The zero-order chi connectivity index (χ0) is 15.2. The number of aliphatic hydroxyl groups excluding tert-OH is 1. The van der Waals surface area contributed by atoms with Gasteiger partial charge in [-0.25, -0.2) is 9.37 Å². The van der Waals surface area contributed by atoms with E-state index < -0.39 is 6.10 Å². The predicted octanol–water partition coefficient (Wildman–Crippen LogP) is 2.43. The number of halogens is 1. The van der Waals surface area contributed by atoms with Crippen LogP contribution in [0.4, 0.5) is 4.39 Å². The van der Waals surface area contributed by atoms with Crippen LogP contribution in [0.5, 0.6) is 5.75 Å². The first-order chi connectivity index (χ1) is 10.0. The van der Waals surface area contributed by atoms with Crippen molar-refractivity contribution < 1.29 is 14.2 Å². The molecule has 1 aromatic heterocycles. The van der Waals surface area contributed by atoms with Gasteiger partial charge in [0, 0.05) is 18.0 Å². The predicted molar refractivity (Wildman–Crippen MR) is 81.2 cm³/mol. The van der Waals surface area contributed by atoms with Crippen LogP contribution in [-0.4, -0.2) is 29.3 Å². The fraction of sp³-hybridized carbons (Fsp3) is 0.400. The average molecular weight is 310 g/mol. The number of nitrogens with one attached hydrogen (secondary N) is 1. The molecule has 4 nitrogen and oxygen atoms in total. The second-order valence-electron chi connectivity index (χ2n) is 4.79. The Morgan fingerprint density at radius 1 is 1.33 bits per heavy atom. The van der Waals surface area contributed by atoms with Crippen molar-refractivity contribution in [3.05, 3.63) is 45.7 Å². The number of aryl methyl sites for hydroxylation is 2. The maximum absolute atomic E-state index is 12.7. The number of benzene rings is 1. The van der Waals surface area contributed by atoms with Crippen molar-refractivity contribution in [2.45, 2.75) is 26.5 Å². The van der Waals surface area contributed by atoms with Gasteiger partial charge in [0.25, 0.3) is 0 Å². The van der Waals surface area contributed by atoms with Crippen molar-refractivity contribution in [1.82, 2.24) is 10.3 Å². The van der Waals surface area contributed by atoms with Crippen molar-refractivity contribution >= 4 is 11.3 Å². The molecule has 6 heteroatoms. The van der Waals surface area contributed by atoms with Crippen molar-refractivity contribution in [3.63, 3.8) is 0 Å². The Bertz CT molecular complexity index is 572. The summed E-state index contributed by atoms with van der Waals surface area (Å²) in [4.78, 5) is 5.53. The van der Waals surface area contributed by atoms with Crippen LogP contribution in [0.25, 0.3) is 0 Å². The molecule has 1 atom stereocenters. The summed E-state index contributed by atoms with van der Waals surface area (Å²) in [5, 5.41) is 14.1. The van der Waals surface area contributed by atoms with E-state index in [0.29, 0.717) is 18.8 Å². The normalized spacial score (nSPS) is 12.4. The van der Waals surface area contributed by atoms with Gasteiger partial charge in [-0.05, 0) is 38.1 Å². The van der Waals surface area contributed by atoms with E-state index in [1.807, 2.05) is 13.8 Å². The summed E-state index contributed by atoms with van der Waals surface area (Å²) >= 11 is 1.66. The molecule has 0 aliphatic carbocycles. The molecule has 0 aliphatic rings. The van der Waals surface area contributed by atoms with Gasteiger partial charge in [-0.15, -0.1) is 11.3 Å². The minimum absolute atomic E-state index is 0.166. The summed E-state index contributed by atoms with van der Waals surface area (Å²) in [6.45, 7) is 5.24. The van der Waals surface area contributed by atoms with Gasteiger partial charge in [0.15, 0.2) is 0 Å². The quantitative estimate of drug-likeness (QED) is 0.825. The second kappa shape index (κ2) is 7.49. The zero-order valence-corrected chi connectivity index (χ0v) is 12.9. The lowest BCUT2D eigenvalue weighted by Crippen LogP contribution is -2.31. The van der Waals surface area contributed by atoms with Gasteiger partial charge in [0.1, 0.15) is 24.3 Å². The summed E-state index contributed by atoms with van der Waals surface area (Å²) < 4.78 is 18.1. The molecule has 1 heterocycles. The molecule has 2 rings (SSSR count). The lowest BCUT2D eigenvalue weighted by Gasteiger charge is -2.13. The van der Waals surface area contributed by atoms with Crippen molar-refractivity contribution in [1.29, 1.82) is 0 Å². The topological polar surface area (TPSA) is 54.4 Å². The van der Waals surface area contributed by atoms with Gasteiger partial charge in [-0.1, -0.05) is 0 Å². The average Bonchev–Trinajstić information content (AvgIpc) is 2.76. The van der Waals surface area contributed by atoms with Gasteiger partial charge in [-0.3, -0.25) is 0 Å². The minimum Gasteiger partial charge on any atom is -0.491 e. The standard InChI is InChI=1S/C15H19FN2O2S/c1-10-15(21-11(2)18-10)8-17-7-13(19)9-20-14-5-3-12(16)4-6-14/h3-6,13,17,19H,7-9H2,1-2H3. The second-order valence-corrected chi connectivity index (χ2v) is 6.08. The van der Waals surface area contributed by atoms with E-state index in [9.17, 15) is 9.50 Å². The highest BCUT2D eigenvalue weighted by atomic mass is 32.1. The zero-order valence-electron chi connectivity index (χ0n) is 12.1. The van der Waals surface area contributed by atoms with E-state index in [1.54, 1.807) is 23.5 Å². The third-order valence-electron chi connectivity index (χ3n) is 2.92. The van der Waals surface area contributed by atoms with E-state index in [1.165, 1.54) is 17.0 Å². The first-order valence-electron chi connectivity index (χ1n) is 6.74. The molecular formula is C15H19FN2O2S. The first-order valence-corrected chi connectivity index (χ1v) is 7.56. The Morgan fingerprint density at radius 3 is 2.67 bits per heavy atom. The molecule has 0 fully saturated rings. The monoisotopic (exact) mass is 310 g/mol. The molecule has 21 heavy (non-hydrogen) atoms. The van der Waals surface area contributed by atoms with Gasteiger partial charge >= 0.3 is 0 Å². The minimum atomic E-state index is -0.621. The van der Waals surface area contributed by atoms with Crippen LogP contribution >= 0.6 is 11.3 Å². The van der Waals surface area contributed by atoms with E-state index in [4.69, 9.17) is 4.74 Å². The SMILES string of the molecule is Cc1nc(C)c(CNCC(O)COc2ccc(F)cc2)s1. The molecule has 0 saturated heterocycles. The van der Waals surface area contributed by atoms with E-state index >= 15 is 0 Å². The maximum atomic E-state index is 12.7. The molecule has 0 saturated carbocycles. The summed E-state index contributed by atoms with van der Waals surface area (Å²) in [6.07, 6.45) is -0.621. The number of rotatable bonds is 7. The van der Waals surface area contributed by atoms with Crippen molar-refractivity contribution in [2.75, 3.05) is 13.2 Å². The molecule has 0 bridgehead atoms. The highest BCUT2D eigenvalue weighted by molar-refractivity contribution is 7.11. The number of aromatic nitrogens is 1. The molecule has 0 radical (unpaired) electrons. The molecule has 0 spiro atoms. The summed E-state index contributed by atoms with van der Waals surface area (Å²) in [7, 11) is 0. The lowest BCUT2D eigenvalue weighted by molar-refractivity contribution is 0.106. The Kier molecular flexibility index (Phi) is 5.67. The van der Waals surface area contributed by atoms with Gasteiger partial charge in [-0.2, -0.15) is 0 Å². The highest BCUT2D eigenvalue weighted by Gasteiger charge is 2.08. The summed E-state index contributed by atoms with van der Waals surface area (Å²) in [5.74, 6) is 0.240. The number of hydrogen-bond acceptors (Lipinski definition) is 5.